The number of benzene rings is 1. The van der Waals surface area contributed by atoms with E-state index in [4.69, 9.17) is 4.74 Å². The van der Waals surface area contributed by atoms with E-state index in [1.807, 2.05) is 0 Å². The molecule has 2 aliphatic carbocycles. The minimum atomic E-state index is -0.917. The van der Waals surface area contributed by atoms with Crippen molar-refractivity contribution in [2.75, 3.05) is 6.61 Å². The van der Waals surface area contributed by atoms with Gasteiger partial charge in [0.15, 0.2) is 0 Å². The van der Waals surface area contributed by atoms with Crippen LogP contribution < -0.4 is 5.32 Å². The molecule has 0 saturated heterocycles. The zero-order valence-electron chi connectivity index (χ0n) is 12.6. The van der Waals surface area contributed by atoms with Crippen LogP contribution in [0.3, 0.4) is 0 Å². The summed E-state index contributed by atoms with van der Waals surface area (Å²) in [4.78, 5) is 23.9. The Kier molecular flexibility index (Phi) is 3.47. The van der Waals surface area contributed by atoms with Crippen LogP contribution in [0, 0.1) is 0 Å². The number of ether oxygens (including phenoxy) is 1. The quantitative estimate of drug-likeness (QED) is 0.861. The van der Waals surface area contributed by atoms with Crippen molar-refractivity contribution in [1.82, 2.24) is 5.32 Å². The number of esters is 1. The molecule has 0 saturated carbocycles. The number of aryl methyl sites for hydroxylation is 2. The molecule has 1 amide bonds. The molecule has 0 heterocycles. The summed E-state index contributed by atoms with van der Waals surface area (Å²) in [6.45, 7) is 3.56. The highest BCUT2D eigenvalue weighted by Crippen LogP contribution is 2.35. The first-order valence-electron chi connectivity index (χ1n) is 7.63. The summed E-state index contributed by atoms with van der Waals surface area (Å²) < 4.78 is 5.21. The maximum Gasteiger partial charge on any atom is 0.332 e. The Bertz CT molecular complexity index is 573. The Labute approximate surface area is 124 Å². The van der Waals surface area contributed by atoms with Gasteiger partial charge in [-0.2, -0.15) is 0 Å². The van der Waals surface area contributed by atoms with Crippen LogP contribution in [0.1, 0.15) is 42.5 Å². The fourth-order valence-corrected chi connectivity index (χ4v) is 3.66. The Morgan fingerprint density at radius 3 is 2.19 bits per heavy atom. The average Bonchev–Trinajstić information content (AvgIpc) is 2.98. The van der Waals surface area contributed by atoms with Gasteiger partial charge >= 0.3 is 5.97 Å². The van der Waals surface area contributed by atoms with Crippen molar-refractivity contribution in [2.24, 2.45) is 0 Å². The predicted octanol–water partition coefficient (Wildman–Crippen LogP) is 1.71. The molecule has 4 heteroatoms. The highest BCUT2D eigenvalue weighted by Gasteiger charge is 2.46. The average molecular weight is 287 g/mol. The number of rotatable bonds is 3. The number of hydrogen-bond acceptors (Lipinski definition) is 3. The molecular formula is C17H21NO3. The van der Waals surface area contributed by atoms with Crippen LogP contribution in [0.5, 0.6) is 0 Å². The predicted molar refractivity (Wildman–Crippen MR) is 79.1 cm³/mol. The minimum Gasteiger partial charge on any atom is -0.464 e. The van der Waals surface area contributed by atoms with Crippen LogP contribution in [0.25, 0.3) is 0 Å². The van der Waals surface area contributed by atoms with Crippen molar-refractivity contribution >= 4 is 11.9 Å². The molecule has 0 spiro atoms. The summed E-state index contributed by atoms with van der Waals surface area (Å²) in [7, 11) is 0. The second-order valence-electron chi connectivity index (χ2n) is 6.08. The van der Waals surface area contributed by atoms with E-state index in [9.17, 15) is 9.59 Å². The van der Waals surface area contributed by atoms with Crippen molar-refractivity contribution in [3.8, 4) is 0 Å². The van der Waals surface area contributed by atoms with Crippen molar-refractivity contribution in [1.29, 1.82) is 0 Å². The lowest BCUT2D eigenvalue weighted by Crippen LogP contribution is -2.55. The van der Waals surface area contributed by atoms with Crippen molar-refractivity contribution in [3.05, 3.63) is 34.4 Å². The number of carbonyl (C=O) groups excluding carboxylic acids is 2. The van der Waals surface area contributed by atoms with Crippen LogP contribution in [0.2, 0.25) is 0 Å². The van der Waals surface area contributed by atoms with Gasteiger partial charge in [-0.3, -0.25) is 4.79 Å². The molecule has 3 rings (SSSR count). The molecule has 0 bridgehead atoms. The van der Waals surface area contributed by atoms with Gasteiger partial charge in [-0.15, -0.1) is 0 Å². The van der Waals surface area contributed by atoms with Gasteiger partial charge in [0, 0.05) is 19.8 Å². The normalized spacial score (nSPS) is 18.0. The van der Waals surface area contributed by atoms with E-state index < -0.39 is 5.54 Å². The SMILES string of the molecule is CCOC(=O)C1(NC(C)=O)Cc2cc3c(cc2C1)CCC3. The fourth-order valence-electron chi connectivity index (χ4n) is 3.66. The number of carbonyl (C=O) groups is 2. The van der Waals surface area contributed by atoms with Crippen LogP contribution in [-0.4, -0.2) is 24.0 Å². The van der Waals surface area contributed by atoms with Gasteiger partial charge in [-0.25, -0.2) is 4.79 Å². The van der Waals surface area contributed by atoms with Gasteiger partial charge in [0.2, 0.25) is 5.91 Å². The second-order valence-corrected chi connectivity index (χ2v) is 6.08. The first-order chi connectivity index (χ1) is 10.0. The molecule has 1 N–H and O–H groups in total. The van der Waals surface area contributed by atoms with Gasteiger partial charge in [-0.05, 0) is 48.4 Å². The maximum absolute atomic E-state index is 12.4. The molecule has 0 aromatic heterocycles. The summed E-state index contributed by atoms with van der Waals surface area (Å²) in [5.41, 5.74) is 4.24. The highest BCUT2D eigenvalue weighted by atomic mass is 16.5. The van der Waals surface area contributed by atoms with Crippen LogP contribution >= 0.6 is 0 Å². The van der Waals surface area contributed by atoms with Gasteiger partial charge in [-0.1, -0.05) is 12.1 Å². The molecular weight excluding hydrogens is 266 g/mol. The number of hydrogen-bond donors (Lipinski definition) is 1. The molecule has 0 unspecified atom stereocenters. The first kappa shape index (κ1) is 14.1. The van der Waals surface area contributed by atoms with Gasteiger partial charge in [0.25, 0.3) is 0 Å². The summed E-state index contributed by atoms with van der Waals surface area (Å²) >= 11 is 0. The third-order valence-corrected chi connectivity index (χ3v) is 4.48. The fraction of sp³-hybridized carbons (Fsp3) is 0.529. The maximum atomic E-state index is 12.4. The molecule has 112 valence electrons. The van der Waals surface area contributed by atoms with Crippen molar-refractivity contribution in [2.45, 2.75) is 51.5 Å². The molecule has 0 atom stereocenters. The van der Waals surface area contributed by atoms with Crippen molar-refractivity contribution < 1.29 is 14.3 Å². The Morgan fingerprint density at radius 2 is 1.71 bits per heavy atom. The number of amides is 1. The molecule has 1 aromatic carbocycles. The van der Waals surface area contributed by atoms with Crippen LogP contribution in [0.15, 0.2) is 12.1 Å². The molecule has 0 fully saturated rings. The van der Waals surface area contributed by atoms with Gasteiger partial charge < -0.3 is 10.1 Å². The number of fused-ring (bicyclic) bond motifs is 2. The molecule has 0 radical (unpaired) electrons. The van der Waals surface area contributed by atoms with E-state index in [0.29, 0.717) is 19.4 Å². The number of nitrogens with one attached hydrogen (secondary N) is 1. The zero-order chi connectivity index (χ0) is 15.0. The summed E-state index contributed by atoms with van der Waals surface area (Å²) in [6, 6.07) is 4.45. The Balaban J connectivity index is 1.94. The first-order valence-corrected chi connectivity index (χ1v) is 7.63. The summed E-state index contributed by atoms with van der Waals surface area (Å²) in [5.74, 6) is -0.514. The third kappa shape index (κ3) is 2.43. The smallest absolute Gasteiger partial charge is 0.332 e. The van der Waals surface area contributed by atoms with E-state index in [1.165, 1.54) is 35.6 Å². The van der Waals surface area contributed by atoms with E-state index >= 15 is 0 Å². The molecule has 2 aliphatic rings. The molecule has 21 heavy (non-hydrogen) atoms. The van der Waals surface area contributed by atoms with E-state index in [0.717, 1.165) is 12.8 Å². The lowest BCUT2D eigenvalue weighted by molar-refractivity contribution is -0.152. The zero-order valence-corrected chi connectivity index (χ0v) is 12.6. The monoisotopic (exact) mass is 287 g/mol. The molecule has 1 aromatic rings. The highest BCUT2D eigenvalue weighted by molar-refractivity contribution is 5.89. The van der Waals surface area contributed by atoms with E-state index in [2.05, 4.69) is 17.4 Å². The Hall–Kier alpha value is -1.84. The lowest BCUT2D eigenvalue weighted by Gasteiger charge is -2.27. The standard InChI is InChI=1S/C17H21NO3/c1-3-21-16(20)17(18-11(2)19)9-14-7-12-5-4-6-13(12)8-15(14)10-17/h7-8H,3-6,9-10H2,1-2H3,(H,18,19). The van der Waals surface area contributed by atoms with Crippen LogP contribution in [0.4, 0.5) is 0 Å². The van der Waals surface area contributed by atoms with E-state index in [1.54, 1.807) is 6.92 Å². The lowest BCUT2D eigenvalue weighted by atomic mass is 9.95. The Morgan fingerprint density at radius 1 is 1.14 bits per heavy atom. The topological polar surface area (TPSA) is 55.4 Å². The minimum absolute atomic E-state index is 0.191. The second kappa shape index (κ2) is 5.17. The van der Waals surface area contributed by atoms with Crippen molar-refractivity contribution in [3.63, 3.8) is 0 Å². The molecule has 4 nitrogen and oxygen atoms in total. The largest absolute Gasteiger partial charge is 0.464 e. The van der Waals surface area contributed by atoms with Crippen LogP contribution in [-0.2, 0) is 40.0 Å². The third-order valence-electron chi connectivity index (χ3n) is 4.48. The summed E-state index contributed by atoms with van der Waals surface area (Å²) in [6.07, 6.45) is 4.53. The van der Waals surface area contributed by atoms with Gasteiger partial charge in [0.05, 0.1) is 6.61 Å². The van der Waals surface area contributed by atoms with E-state index in [-0.39, 0.29) is 11.9 Å². The van der Waals surface area contributed by atoms with Gasteiger partial charge in [0.1, 0.15) is 5.54 Å². The summed E-state index contributed by atoms with van der Waals surface area (Å²) in [5, 5.41) is 2.85. The molecule has 0 aliphatic heterocycles.